The minimum Gasteiger partial charge on any atom is -0.486 e. The Bertz CT molecular complexity index is 1370. The number of nitro groups is 1. The number of carbonyl (C=O) groups is 2. The van der Waals surface area contributed by atoms with Crippen LogP contribution in [0.4, 0.5) is 11.4 Å². The van der Waals surface area contributed by atoms with E-state index in [9.17, 15) is 25.0 Å². The first-order chi connectivity index (χ1) is 16.7. The first kappa shape index (κ1) is 25.2. The highest BCUT2D eigenvalue weighted by Gasteiger charge is 2.14. The summed E-state index contributed by atoms with van der Waals surface area (Å²) in [6, 6.07) is 16.1. The summed E-state index contributed by atoms with van der Waals surface area (Å²) in [4.78, 5) is 34.0. The lowest BCUT2D eigenvalue weighted by Gasteiger charge is -2.11. The van der Waals surface area contributed by atoms with E-state index < -0.39 is 16.8 Å². The monoisotopic (exact) mass is 511 g/mol. The number of halogens is 2. The fraction of sp³-hybridized carbons (Fsp3) is 0.0417. The van der Waals surface area contributed by atoms with Gasteiger partial charge in [0.15, 0.2) is 5.75 Å². The first-order valence-corrected chi connectivity index (χ1v) is 10.5. The second kappa shape index (κ2) is 11.2. The minimum absolute atomic E-state index is 0.0236. The van der Waals surface area contributed by atoms with Gasteiger partial charge in [0.25, 0.3) is 11.6 Å². The Balaban J connectivity index is 1.77. The molecular weight excluding hydrogens is 497 g/mol. The van der Waals surface area contributed by atoms with Crippen molar-refractivity contribution >= 4 is 52.5 Å². The van der Waals surface area contributed by atoms with E-state index in [0.717, 1.165) is 0 Å². The summed E-state index contributed by atoms with van der Waals surface area (Å²) in [5, 5.41) is 32.1. The number of carbonyl (C=O) groups excluding carboxylic acids is 1. The Morgan fingerprint density at radius 1 is 1.11 bits per heavy atom. The molecule has 0 saturated heterocycles. The number of ether oxygens (including phenoxy) is 1. The van der Waals surface area contributed by atoms with Gasteiger partial charge in [-0.05, 0) is 47.5 Å². The zero-order valence-electron chi connectivity index (χ0n) is 17.7. The highest BCUT2D eigenvalue weighted by atomic mass is 35.5. The number of hydrogen-bond donors (Lipinski definition) is 2. The van der Waals surface area contributed by atoms with Crippen molar-refractivity contribution < 1.29 is 24.4 Å². The van der Waals surface area contributed by atoms with Crippen LogP contribution in [0, 0.1) is 21.4 Å². The third-order valence-electron chi connectivity index (χ3n) is 4.57. The largest absolute Gasteiger partial charge is 0.486 e. The molecule has 1 amide bonds. The Morgan fingerprint density at radius 3 is 2.43 bits per heavy atom. The van der Waals surface area contributed by atoms with E-state index in [1.54, 1.807) is 12.1 Å². The molecule has 9 nitrogen and oxygen atoms in total. The number of rotatable bonds is 8. The van der Waals surface area contributed by atoms with Crippen LogP contribution in [-0.4, -0.2) is 21.9 Å². The lowest BCUT2D eigenvalue weighted by atomic mass is 10.1. The quantitative estimate of drug-likeness (QED) is 0.170. The number of non-ortho nitro benzene ring substituents is 1. The number of nitriles is 1. The van der Waals surface area contributed by atoms with Crippen molar-refractivity contribution in [1.82, 2.24) is 0 Å². The van der Waals surface area contributed by atoms with Gasteiger partial charge in [0.1, 0.15) is 18.2 Å². The number of hydrogen-bond acceptors (Lipinski definition) is 6. The lowest BCUT2D eigenvalue weighted by molar-refractivity contribution is -0.384. The number of carboxylic acid groups (broad SMARTS) is 1. The highest BCUT2D eigenvalue weighted by molar-refractivity contribution is 6.37. The fourth-order valence-electron chi connectivity index (χ4n) is 2.96. The van der Waals surface area contributed by atoms with Crippen LogP contribution < -0.4 is 10.1 Å². The third kappa shape index (κ3) is 6.57. The molecule has 0 unspecified atom stereocenters. The van der Waals surface area contributed by atoms with Crippen molar-refractivity contribution in [2.45, 2.75) is 6.61 Å². The van der Waals surface area contributed by atoms with Crippen LogP contribution in [0.5, 0.6) is 5.75 Å². The number of benzene rings is 3. The van der Waals surface area contributed by atoms with Crippen molar-refractivity contribution in [3.8, 4) is 11.8 Å². The number of nitrogens with one attached hydrogen (secondary N) is 1. The van der Waals surface area contributed by atoms with Gasteiger partial charge in [0, 0.05) is 17.8 Å². The molecule has 0 aromatic heterocycles. The van der Waals surface area contributed by atoms with Crippen LogP contribution in [0.2, 0.25) is 10.0 Å². The van der Waals surface area contributed by atoms with Gasteiger partial charge in [0.05, 0.1) is 20.5 Å². The maximum Gasteiger partial charge on any atom is 0.335 e. The Hall–Kier alpha value is -4.39. The molecule has 3 aromatic rings. The Kier molecular flexibility index (Phi) is 8.04. The minimum atomic E-state index is -1.16. The molecule has 176 valence electrons. The van der Waals surface area contributed by atoms with Crippen molar-refractivity contribution in [2.75, 3.05) is 5.32 Å². The van der Waals surface area contributed by atoms with E-state index in [0.29, 0.717) is 11.1 Å². The van der Waals surface area contributed by atoms with Gasteiger partial charge in [0.2, 0.25) is 0 Å². The number of carboxylic acids is 1. The average Bonchev–Trinajstić information content (AvgIpc) is 2.82. The number of anilines is 1. The summed E-state index contributed by atoms with van der Waals surface area (Å²) in [7, 11) is 0. The molecule has 0 aliphatic rings. The van der Waals surface area contributed by atoms with E-state index in [4.69, 9.17) is 33.0 Å². The molecule has 3 rings (SSSR count). The number of amides is 1. The Labute approximate surface area is 208 Å². The van der Waals surface area contributed by atoms with Crippen LogP contribution in [0.3, 0.4) is 0 Å². The van der Waals surface area contributed by atoms with Crippen LogP contribution in [0.25, 0.3) is 6.08 Å². The predicted octanol–water partition coefficient (Wildman–Crippen LogP) is 5.72. The number of nitro benzene ring substituents is 1. The second-order valence-corrected chi connectivity index (χ2v) is 7.85. The van der Waals surface area contributed by atoms with Crippen LogP contribution >= 0.6 is 23.2 Å². The summed E-state index contributed by atoms with van der Waals surface area (Å²) in [5.74, 6) is -1.78. The summed E-state index contributed by atoms with van der Waals surface area (Å²) >= 11 is 12.6. The molecule has 0 spiro atoms. The van der Waals surface area contributed by atoms with E-state index in [-0.39, 0.29) is 44.9 Å². The van der Waals surface area contributed by atoms with Gasteiger partial charge in [-0.15, -0.1) is 0 Å². The molecule has 0 atom stereocenters. The van der Waals surface area contributed by atoms with Gasteiger partial charge in [-0.3, -0.25) is 14.9 Å². The van der Waals surface area contributed by atoms with Gasteiger partial charge >= 0.3 is 5.97 Å². The van der Waals surface area contributed by atoms with Crippen molar-refractivity contribution in [3.63, 3.8) is 0 Å². The number of nitrogens with zero attached hydrogens (tertiary/aromatic N) is 2. The molecule has 0 fully saturated rings. The highest BCUT2D eigenvalue weighted by Crippen LogP contribution is 2.35. The van der Waals surface area contributed by atoms with E-state index in [1.807, 2.05) is 0 Å². The van der Waals surface area contributed by atoms with Crippen molar-refractivity contribution in [1.29, 1.82) is 5.26 Å². The molecule has 35 heavy (non-hydrogen) atoms. The molecule has 11 heteroatoms. The van der Waals surface area contributed by atoms with Gasteiger partial charge in [-0.1, -0.05) is 41.4 Å². The molecule has 0 heterocycles. The van der Waals surface area contributed by atoms with E-state index in [1.165, 1.54) is 60.7 Å². The standard InChI is InChI=1S/C24H15Cl2N3O6/c25-20-9-15(7-17(12-27)23(30)28-18-5-2-4-16(11-18)24(31)32)10-21(26)22(20)35-13-14-3-1-6-19(8-14)29(33)34/h1-11H,13H2,(H,28,30)(H,31,32)/b17-7-. The van der Waals surface area contributed by atoms with Crippen LogP contribution in [-0.2, 0) is 11.4 Å². The van der Waals surface area contributed by atoms with Gasteiger partial charge in [-0.25, -0.2) is 4.79 Å². The summed E-state index contributed by atoms with van der Waals surface area (Å²) in [6.45, 7) is -0.0302. The molecule has 2 N–H and O–H groups in total. The fourth-order valence-corrected chi connectivity index (χ4v) is 3.57. The van der Waals surface area contributed by atoms with Crippen molar-refractivity contribution in [2.24, 2.45) is 0 Å². The average molecular weight is 512 g/mol. The van der Waals surface area contributed by atoms with Crippen LogP contribution in [0.15, 0.2) is 66.2 Å². The third-order valence-corrected chi connectivity index (χ3v) is 5.13. The topological polar surface area (TPSA) is 143 Å². The zero-order chi connectivity index (χ0) is 25.5. The number of aromatic carboxylic acids is 1. The predicted molar refractivity (Wildman–Crippen MR) is 130 cm³/mol. The van der Waals surface area contributed by atoms with Crippen molar-refractivity contribution in [3.05, 3.63) is 103 Å². The van der Waals surface area contributed by atoms with E-state index in [2.05, 4.69) is 5.32 Å². The SMILES string of the molecule is N#C/C(=C/c1cc(Cl)c(OCc2cccc([N+](=O)[O-])c2)c(Cl)c1)C(=O)Nc1cccc(C(=O)O)c1. The van der Waals surface area contributed by atoms with Crippen LogP contribution in [0.1, 0.15) is 21.5 Å². The molecule has 0 aliphatic carbocycles. The van der Waals surface area contributed by atoms with Gasteiger partial charge < -0.3 is 15.2 Å². The molecule has 0 radical (unpaired) electrons. The summed E-state index contributed by atoms with van der Waals surface area (Å²) < 4.78 is 5.63. The molecule has 0 bridgehead atoms. The zero-order valence-corrected chi connectivity index (χ0v) is 19.2. The molecule has 0 saturated carbocycles. The van der Waals surface area contributed by atoms with Gasteiger partial charge in [-0.2, -0.15) is 5.26 Å². The lowest BCUT2D eigenvalue weighted by Crippen LogP contribution is -2.14. The molecule has 0 aliphatic heterocycles. The van der Waals surface area contributed by atoms with E-state index >= 15 is 0 Å². The first-order valence-electron chi connectivity index (χ1n) is 9.79. The maximum absolute atomic E-state index is 12.5. The maximum atomic E-state index is 12.5. The summed E-state index contributed by atoms with van der Waals surface area (Å²) in [6.07, 6.45) is 1.26. The Morgan fingerprint density at radius 2 is 1.80 bits per heavy atom. The normalized spacial score (nSPS) is 10.8. The molecular formula is C24H15Cl2N3O6. The summed E-state index contributed by atoms with van der Waals surface area (Å²) in [5.41, 5.74) is 0.699. The smallest absolute Gasteiger partial charge is 0.335 e. The second-order valence-electron chi connectivity index (χ2n) is 7.04. The molecule has 3 aromatic carbocycles.